The summed E-state index contributed by atoms with van der Waals surface area (Å²) in [7, 11) is 1.78. The molecule has 0 fully saturated rings. The maximum absolute atomic E-state index is 12.2. The molecule has 2 aromatic carbocycles. The summed E-state index contributed by atoms with van der Waals surface area (Å²) in [4.78, 5) is 18.2. The number of nitrogens with zero attached hydrogens (tertiary/aromatic N) is 2. The van der Waals surface area contributed by atoms with E-state index in [1.54, 1.807) is 18.0 Å². The Hall–Kier alpha value is -2.88. The van der Waals surface area contributed by atoms with E-state index in [0.717, 1.165) is 11.1 Å². The van der Waals surface area contributed by atoms with E-state index in [4.69, 9.17) is 4.42 Å². The Labute approximate surface area is 135 Å². The van der Waals surface area contributed by atoms with Gasteiger partial charge in [0, 0.05) is 25.7 Å². The van der Waals surface area contributed by atoms with E-state index in [1.165, 1.54) is 11.6 Å². The molecule has 4 heteroatoms. The molecule has 0 bridgehead atoms. The highest BCUT2D eigenvalue weighted by molar-refractivity contribution is 5.91. The fraction of sp³-hybridized carbons (Fsp3) is 0.158. The monoisotopic (exact) mass is 306 g/mol. The van der Waals surface area contributed by atoms with Crippen molar-refractivity contribution in [1.82, 2.24) is 9.88 Å². The number of carbonyl (C=O) groups excluding carboxylic acids is 1. The quantitative estimate of drug-likeness (QED) is 0.689. The first kappa shape index (κ1) is 15.0. The summed E-state index contributed by atoms with van der Waals surface area (Å²) in [5, 5.41) is 0. The number of fused-ring (bicyclic) bond motifs is 1. The molecule has 0 N–H and O–H groups in total. The van der Waals surface area contributed by atoms with Crippen molar-refractivity contribution >= 4 is 23.1 Å². The summed E-state index contributed by atoms with van der Waals surface area (Å²) in [6.45, 7) is 2.62. The zero-order valence-electron chi connectivity index (χ0n) is 13.2. The molecule has 3 rings (SSSR count). The van der Waals surface area contributed by atoms with Crippen molar-refractivity contribution in [2.75, 3.05) is 7.05 Å². The predicted octanol–water partition coefficient (Wildman–Crippen LogP) is 3.81. The van der Waals surface area contributed by atoms with Gasteiger partial charge in [-0.2, -0.15) is 0 Å². The van der Waals surface area contributed by atoms with Crippen molar-refractivity contribution in [3.63, 3.8) is 0 Å². The molecule has 0 unspecified atom stereocenters. The number of aryl methyl sites for hydroxylation is 1. The third-order valence-corrected chi connectivity index (χ3v) is 3.72. The topological polar surface area (TPSA) is 46.3 Å². The second kappa shape index (κ2) is 6.48. The lowest BCUT2D eigenvalue weighted by Gasteiger charge is -2.16. The molecular weight excluding hydrogens is 288 g/mol. The summed E-state index contributed by atoms with van der Waals surface area (Å²) >= 11 is 0. The third-order valence-electron chi connectivity index (χ3n) is 3.72. The van der Waals surface area contributed by atoms with Gasteiger partial charge in [-0.15, -0.1) is 0 Å². The van der Waals surface area contributed by atoms with E-state index in [-0.39, 0.29) is 5.91 Å². The Bertz CT molecular complexity index is 831. The lowest BCUT2D eigenvalue weighted by molar-refractivity contribution is -0.125. The summed E-state index contributed by atoms with van der Waals surface area (Å²) in [5.41, 5.74) is 3.81. The Morgan fingerprint density at radius 2 is 1.91 bits per heavy atom. The molecule has 1 amide bonds. The van der Waals surface area contributed by atoms with Crippen molar-refractivity contribution in [2.24, 2.45) is 0 Å². The fourth-order valence-corrected chi connectivity index (χ4v) is 2.35. The Balaban J connectivity index is 1.69. The number of likely N-dealkylation sites (N-methyl/N-ethyl adjacent to an activating group) is 1. The van der Waals surface area contributed by atoms with Crippen LogP contribution in [0.1, 0.15) is 17.0 Å². The highest BCUT2D eigenvalue weighted by Gasteiger charge is 2.08. The van der Waals surface area contributed by atoms with Crippen LogP contribution in [0.5, 0.6) is 0 Å². The zero-order valence-corrected chi connectivity index (χ0v) is 13.2. The minimum atomic E-state index is -0.0875. The Morgan fingerprint density at radius 3 is 2.70 bits per heavy atom. The molecule has 1 aromatic heterocycles. The third kappa shape index (κ3) is 3.48. The first-order valence-electron chi connectivity index (χ1n) is 7.47. The van der Waals surface area contributed by atoms with Crippen molar-refractivity contribution in [3.05, 3.63) is 71.6 Å². The molecule has 0 aliphatic heterocycles. The summed E-state index contributed by atoms with van der Waals surface area (Å²) in [5.74, 6) is 0.347. The largest absolute Gasteiger partial charge is 0.437 e. The Kier molecular flexibility index (Phi) is 4.24. The SMILES string of the molecule is Cc1ccccc1CN(C)C(=O)/C=C/c1nc2ccccc2o1. The van der Waals surface area contributed by atoms with E-state index in [9.17, 15) is 4.79 Å². The number of aromatic nitrogens is 1. The minimum Gasteiger partial charge on any atom is -0.437 e. The molecule has 116 valence electrons. The lowest BCUT2D eigenvalue weighted by atomic mass is 10.1. The summed E-state index contributed by atoms with van der Waals surface area (Å²) in [6, 6.07) is 15.6. The van der Waals surface area contributed by atoms with Gasteiger partial charge in [0.1, 0.15) is 5.52 Å². The number of hydrogen-bond donors (Lipinski definition) is 0. The number of carbonyl (C=O) groups is 1. The van der Waals surface area contributed by atoms with Crippen LogP contribution < -0.4 is 0 Å². The van der Waals surface area contributed by atoms with Gasteiger partial charge in [-0.05, 0) is 30.2 Å². The van der Waals surface area contributed by atoms with Gasteiger partial charge in [0.2, 0.25) is 11.8 Å². The minimum absolute atomic E-state index is 0.0875. The van der Waals surface area contributed by atoms with Gasteiger partial charge < -0.3 is 9.32 Å². The fourth-order valence-electron chi connectivity index (χ4n) is 2.35. The van der Waals surface area contributed by atoms with Gasteiger partial charge in [0.25, 0.3) is 0 Å². The normalized spacial score (nSPS) is 11.2. The number of rotatable bonds is 4. The summed E-state index contributed by atoms with van der Waals surface area (Å²) in [6.07, 6.45) is 3.10. The molecule has 0 saturated carbocycles. The molecule has 0 saturated heterocycles. The van der Waals surface area contributed by atoms with Crippen LogP contribution in [0.2, 0.25) is 0 Å². The number of amides is 1. The van der Waals surface area contributed by atoms with Gasteiger partial charge in [0.15, 0.2) is 5.58 Å². The van der Waals surface area contributed by atoms with Crippen LogP contribution in [0.3, 0.4) is 0 Å². The number of para-hydroxylation sites is 2. The van der Waals surface area contributed by atoms with Crippen LogP contribution in [-0.2, 0) is 11.3 Å². The first-order valence-corrected chi connectivity index (χ1v) is 7.47. The van der Waals surface area contributed by atoms with Gasteiger partial charge in [-0.25, -0.2) is 4.98 Å². The van der Waals surface area contributed by atoms with Crippen molar-refractivity contribution in [2.45, 2.75) is 13.5 Å². The number of hydrogen-bond acceptors (Lipinski definition) is 3. The van der Waals surface area contributed by atoms with Crippen LogP contribution >= 0.6 is 0 Å². The van der Waals surface area contributed by atoms with E-state index in [1.807, 2.05) is 55.5 Å². The second-order valence-electron chi connectivity index (χ2n) is 5.47. The first-order chi connectivity index (χ1) is 11.1. The van der Waals surface area contributed by atoms with E-state index in [0.29, 0.717) is 18.0 Å². The van der Waals surface area contributed by atoms with E-state index in [2.05, 4.69) is 4.98 Å². The molecule has 0 spiro atoms. The predicted molar refractivity (Wildman–Crippen MR) is 90.7 cm³/mol. The summed E-state index contributed by atoms with van der Waals surface area (Å²) < 4.78 is 5.57. The zero-order chi connectivity index (χ0) is 16.2. The molecule has 23 heavy (non-hydrogen) atoms. The van der Waals surface area contributed by atoms with Crippen molar-refractivity contribution in [1.29, 1.82) is 0 Å². The maximum Gasteiger partial charge on any atom is 0.246 e. The van der Waals surface area contributed by atoms with Crippen molar-refractivity contribution in [3.8, 4) is 0 Å². The van der Waals surface area contributed by atoms with Gasteiger partial charge in [-0.3, -0.25) is 4.79 Å². The number of oxazole rings is 1. The van der Waals surface area contributed by atoms with Crippen LogP contribution in [0.25, 0.3) is 17.2 Å². The van der Waals surface area contributed by atoms with Gasteiger partial charge >= 0.3 is 0 Å². The lowest BCUT2D eigenvalue weighted by Crippen LogP contribution is -2.24. The molecule has 4 nitrogen and oxygen atoms in total. The highest BCUT2D eigenvalue weighted by Crippen LogP contribution is 2.16. The van der Waals surface area contributed by atoms with E-state index >= 15 is 0 Å². The Morgan fingerprint density at radius 1 is 1.17 bits per heavy atom. The van der Waals surface area contributed by atoms with E-state index < -0.39 is 0 Å². The van der Waals surface area contributed by atoms with Crippen molar-refractivity contribution < 1.29 is 9.21 Å². The average Bonchev–Trinajstić information content (AvgIpc) is 2.97. The highest BCUT2D eigenvalue weighted by atomic mass is 16.3. The molecule has 3 aromatic rings. The van der Waals surface area contributed by atoms with Crippen LogP contribution in [0, 0.1) is 6.92 Å². The molecule has 0 aliphatic rings. The van der Waals surface area contributed by atoms with Crippen LogP contribution in [0.4, 0.5) is 0 Å². The molecule has 0 aliphatic carbocycles. The smallest absolute Gasteiger partial charge is 0.246 e. The average molecular weight is 306 g/mol. The number of benzene rings is 2. The standard InChI is InChI=1S/C19H18N2O2/c1-14-7-3-4-8-15(14)13-21(2)19(22)12-11-18-20-16-9-5-6-10-17(16)23-18/h3-12H,13H2,1-2H3/b12-11+. The van der Waals surface area contributed by atoms with Gasteiger partial charge in [0.05, 0.1) is 0 Å². The molecular formula is C19H18N2O2. The second-order valence-corrected chi connectivity index (χ2v) is 5.47. The maximum atomic E-state index is 12.2. The molecule has 0 atom stereocenters. The molecule has 0 radical (unpaired) electrons. The van der Waals surface area contributed by atoms with Gasteiger partial charge in [-0.1, -0.05) is 36.4 Å². The van der Waals surface area contributed by atoms with Crippen LogP contribution in [0.15, 0.2) is 59.0 Å². The van der Waals surface area contributed by atoms with Crippen LogP contribution in [-0.4, -0.2) is 22.8 Å². The molecule has 1 heterocycles.